The Kier molecular flexibility index (Phi) is 4.93. The van der Waals surface area contributed by atoms with Crippen molar-refractivity contribution in [3.8, 4) is 0 Å². The number of hydrogen-bond acceptors (Lipinski definition) is 2. The highest BCUT2D eigenvalue weighted by molar-refractivity contribution is 5.89. The second kappa shape index (κ2) is 6.47. The van der Waals surface area contributed by atoms with Gasteiger partial charge in [0.05, 0.1) is 0 Å². The highest BCUT2D eigenvalue weighted by Crippen LogP contribution is 2.07. The van der Waals surface area contributed by atoms with Crippen LogP contribution in [0.25, 0.3) is 0 Å². The molecule has 0 aliphatic rings. The van der Waals surface area contributed by atoms with Crippen LogP contribution in [0.4, 0.5) is 14.9 Å². The summed E-state index contributed by atoms with van der Waals surface area (Å²) in [6, 6.07) is 5.03. The van der Waals surface area contributed by atoms with E-state index >= 15 is 0 Å². The predicted octanol–water partition coefficient (Wildman–Crippen LogP) is 1.08. The maximum Gasteiger partial charge on any atom is 0.319 e. The molecule has 0 saturated heterocycles. The highest BCUT2D eigenvalue weighted by atomic mass is 19.1. The molecule has 0 radical (unpaired) electrons. The van der Waals surface area contributed by atoms with Crippen molar-refractivity contribution in [2.75, 3.05) is 18.4 Å². The van der Waals surface area contributed by atoms with Gasteiger partial charge in [0.25, 0.3) is 0 Å². The molecular formula is C11H14FN3O2. The molecule has 0 unspecified atom stereocenters. The second-order valence-corrected chi connectivity index (χ2v) is 3.37. The molecule has 0 aromatic heterocycles. The van der Waals surface area contributed by atoms with Crippen LogP contribution in [0.3, 0.4) is 0 Å². The van der Waals surface area contributed by atoms with Crippen LogP contribution in [0.5, 0.6) is 0 Å². The van der Waals surface area contributed by atoms with Crippen molar-refractivity contribution in [3.05, 3.63) is 30.1 Å². The third-order valence-electron chi connectivity index (χ3n) is 1.89. The summed E-state index contributed by atoms with van der Waals surface area (Å²) in [5, 5.41) is 7.61. The molecule has 3 amide bonds. The van der Waals surface area contributed by atoms with E-state index in [4.69, 9.17) is 0 Å². The van der Waals surface area contributed by atoms with Gasteiger partial charge in [-0.2, -0.15) is 0 Å². The van der Waals surface area contributed by atoms with Crippen LogP contribution in [0.15, 0.2) is 24.3 Å². The molecule has 0 aliphatic heterocycles. The molecule has 1 aromatic rings. The van der Waals surface area contributed by atoms with Crippen molar-refractivity contribution in [3.63, 3.8) is 0 Å². The van der Waals surface area contributed by atoms with Gasteiger partial charge in [0.15, 0.2) is 0 Å². The van der Waals surface area contributed by atoms with E-state index < -0.39 is 6.03 Å². The first-order chi connectivity index (χ1) is 8.08. The van der Waals surface area contributed by atoms with E-state index in [-0.39, 0.29) is 11.7 Å². The summed E-state index contributed by atoms with van der Waals surface area (Å²) in [5.74, 6) is -0.507. The molecule has 0 fully saturated rings. The van der Waals surface area contributed by atoms with Gasteiger partial charge in [0.2, 0.25) is 5.91 Å². The summed E-state index contributed by atoms with van der Waals surface area (Å²) in [6.07, 6.45) is 0. The minimum atomic E-state index is -0.401. The van der Waals surface area contributed by atoms with Gasteiger partial charge in [-0.15, -0.1) is 0 Å². The first kappa shape index (κ1) is 13.0. The zero-order chi connectivity index (χ0) is 12.7. The number of carbonyl (C=O) groups is 2. The number of amides is 3. The van der Waals surface area contributed by atoms with E-state index in [0.29, 0.717) is 18.8 Å². The van der Waals surface area contributed by atoms with E-state index in [2.05, 4.69) is 16.0 Å². The molecule has 0 bridgehead atoms. The van der Waals surface area contributed by atoms with Gasteiger partial charge in [0, 0.05) is 25.7 Å². The number of halogens is 1. The zero-order valence-electron chi connectivity index (χ0n) is 9.42. The van der Waals surface area contributed by atoms with Crippen LogP contribution in [0.1, 0.15) is 6.92 Å². The molecule has 0 atom stereocenters. The fourth-order valence-corrected chi connectivity index (χ4v) is 1.12. The molecule has 0 saturated carbocycles. The molecule has 92 valence electrons. The van der Waals surface area contributed by atoms with Crippen molar-refractivity contribution in [2.45, 2.75) is 6.92 Å². The molecule has 0 spiro atoms. The Hall–Kier alpha value is -2.11. The molecule has 5 nitrogen and oxygen atoms in total. The summed E-state index contributed by atoms with van der Waals surface area (Å²) >= 11 is 0. The third-order valence-corrected chi connectivity index (χ3v) is 1.89. The Bertz CT molecular complexity index is 392. The average Bonchev–Trinajstić information content (AvgIpc) is 2.27. The van der Waals surface area contributed by atoms with E-state index in [1.165, 1.54) is 31.2 Å². The van der Waals surface area contributed by atoms with Crippen LogP contribution in [0.2, 0.25) is 0 Å². The van der Waals surface area contributed by atoms with Gasteiger partial charge < -0.3 is 16.0 Å². The van der Waals surface area contributed by atoms with Crippen molar-refractivity contribution in [1.29, 1.82) is 0 Å². The van der Waals surface area contributed by atoms with Crippen molar-refractivity contribution >= 4 is 17.6 Å². The molecule has 1 aromatic carbocycles. The number of anilines is 1. The Morgan fingerprint density at radius 1 is 1.12 bits per heavy atom. The van der Waals surface area contributed by atoms with Gasteiger partial charge in [-0.05, 0) is 24.3 Å². The minimum absolute atomic E-state index is 0.147. The van der Waals surface area contributed by atoms with Gasteiger partial charge >= 0.3 is 6.03 Å². The van der Waals surface area contributed by atoms with Crippen molar-refractivity contribution in [1.82, 2.24) is 10.6 Å². The lowest BCUT2D eigenvalue weighted by molar-refractivity contribution is -0.118. The van der Waals surface area contributed by atoms with E-state index in [9.17, 15) is 14.0 Å². The van der Waals surface area contributed by atoms with Crippen LogP contribution in [-0.2, 0) is 4.79 Å². The van der Waals surface area contributed by atoms with Crippen LogP contribution < -0.4 is 16.0 Å². The molecule has 6 heteroatoms. The van der Waals surface area contributed by atoms with Gasteiger partial charge in [-0.25, -0.2) is 9.18 Å². The van der Waals surface area contributed by atoms with Crippen LogP contribution in [0, 0.1) is 5.82 Å². The normalized spacial score (nSPS) is 9.53. The largest absolute Gasteiger partial charge is 0.355 e. The van der Waals surface area contributed by atoms with Gasteiger partial charge in [-0.3, -0.25) is 4.79 Å². The topological polar surface area (TPSA) is 70.2 Å². The summed E-state index contributed by atoms with van der Waals surface area (Å²) < 4.78 is 12.6. The van der Waals surface area contributed by atoms with E-state index in [1.807, 2.05) is 0 Å². The molecule has 17 heavy (non-hydrogen) atoms. The van der Waals surface area contributed by atoms with E-state index in [1.54, 1.807) is 0 Å². The zero-order valence-corrected chi connectivity index (χ0v) is 9.42. The lowest BCUT2D eigenvalue weighted by Gasteiger charge is -2.07. The first-order valence-electron chi connectivity index (χ1n) is 5.13. The highest BCUT2D eigenvalue weighted by Gasteiger charge is 2.00. The monoisotopic (exact) mass is 239 g/mol. The molecule has 0 aliphatic carbocycles. The number of rotatable bonds is 4. The van der Waals surface area contributed by atoms with Gasteiger partial charge in [0.1, 0.15) is 5.82 Å². The van der Waals surface area contributed by atoms with Crippen molar-refractivity contribution in [2.24, 2.45) is 0 Å². The van der Waals surface area contributed by atoms with E-state index in [0.717, 1.165) is 0 Å². The quantitative estimate of drug-likeness (QED) is 0.688. The second-order valence-electron chi connectivity index (χ2n) is 3.37. The fraction of sp³-hybridized carbons (Fsp3) is 0.273. The lowest BCUT2D eigenvalue weighted by atomic mass is 10.3. The number of benzene rings is 1. The molecule has 1 rings (SSSR count). The minimum Gasteiger partial charge on any atom is -0.355 e. The van der Waals surface area contributed by atoms with Crippen LogP contribution in [-0.4, -0.2) is 25.0 Å². The number of urea groups is 1. The predicted molar refractivity (Wildman–Crippen MR) is 62.1 cm³/mol. The maximum absolute atomic E-state index is 12.6. The Morgan fingerprint density at radius 3 is 2.29 bits per heavy atom. The Labute approximate surface area is 98.4 Å². The fourth-order valence-electron chi connectivity index (χ4n) is 1.12. The standard InChI is InChI=1S/C11H14FN3O2/c1-8(16)13-6-7-14-11(17)15-10-4-2-9(12)3-5-10/h2-5H,6-7H2,1H3,(H,13,16)(H2,14,15,17). The maximum atomic E-state index is 12.6. The van der Waals surface area contributed by atoms with Gasteiger partial charge in [-0.1, -0.05) is 0 Å². The SMILES string of the molecule is CC(=O)NCCNC(=O)Nc1ccc(F)cc1. The lowest BCUT2D eigenvalue weighted by Crippen LogP contribution is -2.36. The molecular weight excluding hydrogens is 225 g/mol. The Balaban J connectivity index is 2.25. The Morgan fingerprint density at radius 2 is 1.71 bits per heavy atom. The summed E-state index contributed by atoms with van der Waals surface area (Å²) in [7, 11) is 0. The summed E-state index contributed by atoms with van der Waals surface area (Å²) in [4.78, 5) is 21.8. The first-order valence-corrected chi connectivity index (χ1v) is 5.13. The molecule has 0 heterocycles. The molecule has 3 N–H and O–H groups in total. The summed E-state index contributed by atoms with van der Waals surface area (Å²) in [5.41, 5.74) is 0.503. The van der Waals surface area contributed by atoms with Crippen molar-refractivity contribution < 1.29 is 14.0 Å². The average molecular weight is 239 g/mol. The number of nitrogens with one attached hydrogen (secondary N) is 3. The number of carbonyl (C=O) groups excluding carboxylic acids is 2. The number of hydrogen-bond donors (Lipinski definition) is 3. The smallest absolute Gasteiger partial charge is 0.319 e. The third kappa shape index (κ3) is 5.50. The van der Waals surface area contributed by atoms with Crippen LogP contribution >= 0.6 is 0 Å². The summed E-state index contributed by atoms with van der Waals surface area (Å²) in [6.45, 7) is 2.09.